The highest BCUT2D eigenvalue weighted by Gasteiger charge is 2.23. The minimum atomic E-state index is -0.990. The molecule has 0 saturated carbocycles. The van der Waals surface area contributed by atoms with Crippen molar-refractivity contribution in [2.75, 3.05) is 37.7 Å². The molecule has 5 aliphatic heterocycles. The van der Waals surface area contributed by atoms with E-state index < -0.39 is 5.97 Å². The van der Waals surface area contributed by atoms with Gasteiger partial charge in [0.05, 0.1) is 37.7 Å². The molecular weight excluding hydrogens is 632 g/mol. The molecule has 5 heterocycles. The second kappa shape index (κ2) is 17.7. The van der Waals surface area contributed by atoms with E-state index in [1.807, 2.05) is 6.92 Å². The molecule has 1 atom stereocenters. The third kappa shape index (κ3) is 11.3. The van der Waals surface area contributed by atoms with Gasteiger partial charge in [-0.15, -0.1) is 0 Å². The highest BCUT2D eigenvalue weighted by atomic mass is 16.5. The number of amides is 5. The number of nitrogens with one attached hydrogen (secondary N) is 2. The van der Waals surface area contributed by atoms with E-state index in [0.29, 0.717) is 42.0 Å². The summed E-state index contributed by atoms with van der Waals surface area (Å²) >= 11 is 0. The van der Waals surface area contributed by atoms with E-state index in [9.17, 15) is 28.8 Å². The van der Waals surface area contributed by atoms with E-state index in [4.69, 9.17) is 9.84 Å². The first-order valence-electron chi connectivity index (χ1n) is 15.1. The van der Waals surface area contributed by atoms with Crippen LogP contribution in [0.2, 0.25) is 0 Å². The quantitative estimate of drug-likeness (QED) is 0.276. The summed E-state index contributed by atoms with van der Waals surface area (Å²) in [6.45, 7) is 17.2. The Morgan fingerprint density at radius 3 is 1.76 bits per heavy atom. The van der Waals surface area contributed by atoms with Crippen LogP contribution in [-0.4, -0.2) is 95.1 Å². The standard InChI is InChI=1S/C13H14N2O4.C12H9NO3.C5H10N2.C5H5NO/c1-10-2-3-11(16)14(10)6-8-19-9-7-15-12(17)4-5-13(15)18;1-8-2-7-11(14)13(8)10-5-3-9(4-6-10)12(15)16;1-4-3-6-5(2)7-4;1-4-2-3-5(7)6-4/h2-5H,1,6-9H2;2-7H,1H2,(H,15,16);4H,3H2,1-2H3,(H,6,7);2-3H,1H2,(H,6,7). The van der Waals surface area contributed by atoms with Crippen molar-refractivity contribution < 1.29 is 38.6 Å². The van der Waals surface area contributed by atoms with Crippen molar-refractivity contribution in [1.82, 2.24) is 20.4 Å². The number of rotatable bonds is 8. The SMILES string of the molecule is C=C1C=CC(=O)N1.C=C1C=CC(=O)N1CCOCCN1C(=O)C=CC1=O.C=C1C=CC(=O)N1c1ccc(C(=O)O)cc1.CC1=NCC(C)N1. The smallest absolute Gasteiger partial charge is 0.335 e. The molecule has 14 heteroatoms. The van der Waals surface area contributed by atoms with Crippen LogP contribution >= 0.6 is 0 Å². The second-order valence-electron chi connectivity index (χ2n) is 10.8. The molecule has 5 aliphatic rings. The number of carbonyl (C=O) groups is 6. The first-order chi connectivity index (χ1) is 23.3. The van der Waals surface area contributed by atoms with E-state index in [-0.39, 0.29) is 48.3 Å². The van der Waals surface area contributed by atoms with Gasteiger partial charge in [-0.1, -0.05) is 19.7 Å². The van der Waals surface area contributed by atoms with Gasteiger partial charge in [0.1, 0.15) is 0 Å². The van der Waals surface area contributed by atoms with Crippen LogP contribution in [0.5, 0.6) is 0 Å². The normalized spacial score (nSPS) is 18.6. The van der Waals surface area contributed by atoms with Crippen molar-refractivity contribution >= 4 is 47.0 Å². The van der Waals surface area contributed by atoms with Crippen molar-refractivity contribution in [1.29, 1.82) is 0 Å². The number of aromatic carboxylic acids is 1. The molecule has 14 nitrogen and oxygen atoms in total. The van der Waals surface area contributed by atoms with E-state index >= 15 is 0 Å². The number of hydrogen-bond acceptors (Lipinski definition) is 9. The van der Waals surface area contributed by atoms with Crippen LogP contribution in [0.3, 0.4) is 0 Å². The number of ether oxygens (including phenoxy) is 1. The van der Waals surface area contributed by atoms with Gasteiger partial charge >= 0.3 is 5.97 Å². The number of amidine groups is 1. The van der Waals surface area contributed by atoms with Crippen LogP contribution in [0, 0.1) is 0 Å². The van der Waals surface area contributed by atoms with Gasteiger partial charge < -0.3 is 25.4 Å². The fourth-order valence-corrected chi connectivity index (χ4v) is 4.45. The van der Waals surface area contributed by atoms with E-state index in [2.05, 4.69) is 42.3 Å². The highest BCUT2D eigenvalue weighted by Crippen LogP contribution is 2.24. The van der Waals surface area contributed by atoms with Crippen LogP contribution in [0.1, 0.15) is 24.2 Å². The number of allylic oxidation sites excluding steroid dienone is 3. The Labute approximate surface area is 283 Å². The molecule has 0 aromatic heterocycles. The molecule has 0 radical (unpaired) electrons. The van der Waals surface area contributed by atoms with Crippen LogP contribution in [-0.2, 0) is 28.7 Å². The Balaban J connectivity index is 0.000000193. The van der Waals surface area contributed by atoms with Crippen LogP contribution in [0.25, 0.3) is 0 Å². The molecule has 0 aliphatic carbocycles. The number of aliphatic imine (C=N–C) groups is 1. The van der Waals surface area contributed by atoms with Gasteiger partial charge in [0, 0.05) is 65.7 Å². The van der Waals surface area contributed by atoms with Crippen molar-refractivity contribution in [3.8, 4) is 0 Å². The zero-order chi connectivity index (χ0) is 36.1. The first kappa shape index (κ1) is 37.3. The summed E-state index contributed by atoms with van der Waals surface area (Å²) in [5, 5.41) is 14.4. The molecule has 6 rings (SSSR count). The number of carboxylic acid groups (broad SMARTS) is 1. The van der Waals surface area contributed by atoms with Crippen molar-refractivity contribution in [3.05, 3.63) is 115 Å². The summed E-state index contributed by atoms with van der Waals surface area (Å²) in [6.07, 6.45) is 11.7. The number of imide groups is 1. The summed E-state index contributed by atoms with van der Waals surface area (Å²) in [5.41, 5.74) is 2.69. The fourth-order valence-electron chi connectivity index (χ4n) is 4.45. The Kier molecular flexibility index (Phi) is 13.5. The Morgan fingerprint density at radius 1 is 0.816 bits per heavy atom. The van der Waals surface area contributed by atoms with Crippen molar-refractivity contribution in [2.24, 2.45) is 4.99 Å². The lowest BCUT2D eigenvalue weighted by atomic mass is 10.2. The monoisotopic (exact) mass is 670 g/mol. The summed E-state index contributed by atoms with van der Waals surface area (Å²) in [5.74, 6) is -0.911. The van der Waals surface area contributed by atoms with Crippen molar-refractivity contribution in [2.45, 2.75) is 19.9 Å². The maximum Gasteiger partial charge on any atom is 0.335 e. The molecule has 0 bridgehead atoms. The molecule has 0 fully saturated rings. The summed E-state index contributed by atoms with van der Waals surface area (Å²) in [6, 6.07) is 6.64. The molecule has 5 amide bonds. The van der Waals surface area contributed by atoms with Gasteiger partial charge in [-0.25, -0.2) is 4.79 Å². The third-order valence-corrected chi connectivity index (χ3v) is 6.93. The summed E-state index contributed by atoms with van der Waals surface area (Å²) in [4.78, 5) is 74.3. The lowest BCUT2D eigenvalue weighted by molar-refractivity contribution is -0.137. The zero-order valence-electron chi connectivity index (χ0n) is 27.3. The molecule has 256 valence electrons. The maximum atomic E-state index is 11.5. The molecule has 1 aromatic carbocycles. The topological polar surface area (TPSA) is 178 Å². The maximum absolute atomic E-state index is 11.5. The van der Waals surface area contributed by atoms with E-state index in [0.717, 1.165) is 17.3 Å². The summed E-state index contributed by atoms with van der Waals surface area (Å²) < 4.78 is 5.31. The van der Waals surface area contributed by atoms with E-state index in [1.54, 1.807) is 30.4 Å². The van der Waals surface area contributed by atoms with Crippen LogP contribution in [0.15, 0.2) is 115 Å². The third-order valence-electron chi connectivity index (χ3n) is 6.93. The predicted octanol–water partition coefficient (Wildman–Crippen LogP) is 2.22. The Morgan fingerprint density at radius 2 is 1.37 bits per heavy atom. The molecule has 0 saturated heterocycles. The van der Waals surface area contributed by atoms with Crippen LogP contribution < -0.4 is 15.5 Å². The highest BCUT2D eigenvalue weighted by molar-refractivity contribution is 6.12. The fraction of sp³-hybridized carbons (Fsp3) is 0.229. The number of carboxylic acids is 1. The minimum Gasteiger partial charge on any atom is -0.478 e. The number of hydrogen-bond donors (Lipinski definition) is 3. The lowest BCUT2D eigenvalue weighted by Crippen LogP contribution is -2.34. The second-order valence-corrected chi connectivity index (χ2v) is 10.8. The summed E-state index contributed by atoms with van der Waals surface area (Å²) in [7, 11) is 0. The number of nitrogens with zero attached hydrogens (tertiary/aromatic N) is 4. The molecule has 3 N–H and O–H groups in total. The Hall–Kier alpha value is -6.15. The zero-order valence-corrected chi connectivity index (χ0v) is 27.3. The average Bonchev–Trinajstić information content (AvgIpc) is 3.87. The first-order valence-corrected chi connectivity index (χ1v) is 15.1. The van der Waals surface area contributed by atoms with Gasteiger partial charge in [0.2, 0.25) is 5.91 Å². The Bertz CT molecular complexity index is 1570. The minimum absolute atomic E-state index is 0.0787. The average molecular weight is 671 g/mol. The van der Waals surface area contributed by atoms with Gasteiger partial charge in [-0.05, 0) is 56.3 Å². The van der Waals surface area contributed by atoms with Crippen molar-refractivity contribution in [3.63, 3.8) is 0 Å². The molecular formula is C35H38N6O8. The van der Waals surface area contributed by atoms with Crippen LogP contribution in [0.4, 0.5) is 5.69 Å². The van der Waals surface area contributed by atoms with Gasteiger partial charge in [-0.3, -0.25) is 38.8 Å². The predicted molar refractivity (Wildman–Crippen MR) is 183 cm³/mol. The van der Waals surface area contributed by atoms with Gasteiger partial charge in [-0.2, -0.15) is 0 Å². The van der Waals surface area contributed by atoms with Gasteiger partial charge in [0.25, 0.3) is 23.6 Å². The van der Waals surface area contributed by atoms with E-state index in [1.165, 1.54) is 52.3 Å². The molecule has 0 spiro atoms. The molecule has 1 aromatic rings. The largest absolute Gasteiger partial charge is 0.478 e. The number of carbonyl (C=O) groups excluding carboxylic acids is 5. The lowest BCUT2D eigenvalue weighted by Gasteiger charge is -2.18. The molecule has 1 unspecified atom stereocenters. The number of anilines is 1. The number of benzene rings is 1. The molecule has 49 heavy (non-hydrogen) atoms. The van der Waals surface area contributed by atoms with Gasteiger partial charge in [0.15, 0.2) is 0 Å².